The van der Waals surface area contributed by atoms with Crippen LogP contribution in [-0.2, 0) is 4.79 Å². The molecule has 3 amide bonds. The first-order valence-corrected chi connectivity index (χ1v) is 8.14. The first kappa shape index (κ1) is 16.3. The van der Waals surface area contributed by atoms with Crippen LogP contribution in [0.1, 0.15) is 18.4 Å². The van der Waals surface area contributed by atoms with Gasteiger partial charge in [0.15, 0.2) is 0 Å². The van der Waals surface area contributed by atoms with Crippen LogP contribution in [0.15, 0.2) is 42.5 Å². The van der Waals surface area contributed by atoms with Crippen molar-refractivity contribution in [3.8, 4) is 0 Å². The van der Waals surface area contributed by atoms with Gasteiger partial charge in [-0.15, -0.1) is 0 Å². The predicted octanol–water partition coefficient (Wildman–Crippen LogP) is 4.64. The van der Waals surface area contributed by atoms with Gasteiger partial charge >= 0.3 is 6.03 Å². The molecule has 124 valence electrons. The Morgan fingerprint density at radius 1 is 1.00 bits per heavy atom. The third-order valence-electron chi connectivity index (χ3n) is 3.78. The zero-order chi connectivity index (χ0) is 17.1. The molecule has 0 unspecified atom stereocenters. The highest BCUT2D eigenvalue weighted by Crippen LogP contribution is 2.31. The summed E-state index contributed by atoms with van der Waals surface area (Å²) in [6.45, 7) is 1.92. The van der Waals surface area contributed by atoms with Crippen LogP contribution in [-0.4, -0.2) is 11.9 Å². The molecule has 3 N–H and O–H groups in total. The minimum Gasteiger partial charge on any atom is -0.326 e. The standard InChI is InChI=1S/C18H18ClN3O2/c1-11-5-8-15(10-16(11)22-17(23)12-6-7-12)21-18(24)20-14-4-2-3-13(19)9-14/h2-5,8-10,12H,6-7H2,1H3,(H,22,23)(H2,20,21,24). The molecular formula is C18H18ClN3O2. The summed E-state index contributed by atoms with van der Waals surface area (Å²) in [6, 6.07) is 11.9. The van der Waals surface area contributed by atoms with E-state index in [1.807, 2.05) is 13.0 Å². The topological polar surface area (TPSA) is 70.2 Å². The molecule has 0 saturated heterocycles. The molecule has 0 heterocycles. The van der Waals surface area contributed by atoms with Gasteiger partial charge < -0.3 is 16.0 Å². The van der Waals surface area contributed by atoms with Gasteiger partial charge in [0.25, 0.3) is 0 Å². The number of hydrogen-bond donors (Lipinski definition) is 3. The van der Waals surface area contributed by atoms with Crippen LogP contribution in [0.25, 0.3) is 0 Å². The fourth-order valence-electron chi connectivity index (χ4n) is 2.27. The molecule has 2 aromatic carbocycles. The highest BCUT2D eigenvalue weighted by Gasteiger charge is 2.29. The summed E-state index contributed by atoms with van der Waals surface area (Å²) in [5, 5.41) is 8.93. The Kier molecular flexibility index (Phi) is 4.71. The van der Waals surface area contributed by atoms with Gasteiger partial charge in [0.2, 0.25) is 5.91 Å². The fourth-order valence-corrected chi connectivity index (χ4v) is 2.46. The molecule has 6 heteroatoms. The molecular weight excluding hydrogens is 326 g/mol. The average molecular weight is 344 g/mol. The van der Waals surface area contributed by atoms with Gasteiger partial charge in [-0.25, -0.2) is 4.79 Å². The number of halogens is 1. The van der Waals surface area contributed by atoms with Crippen LogP contribution in [0.3, 0.4) is 0 Å². The highest BCUT2D eigenvalue weighted by atomic mass is 35.5. The van der Waals surface area contributed by atoms with E-state index in [4.69, 9.17) is 11.6 Å². The van der Waals surface area contributed by atoms with E-state index in [0.29, 0.717) is 22.1 Å². The summed E-state index contributed by atoms with van der Waals surface area (Å²) in [5.74, 6) is 0.172. The molecule has 3 rings (SSSR count). The second kappa shape index (κ2) is 6.93. The molecule has 0 bridgehead atoms. The number of anilines is 3. The van der Waals surface area contributed by atoms with E-state index in [1.54, 1.807) is 36.4 Å². The van der Waals surface area contributed by atoms with E-state index in [1.165, 1.54) is 0 Å². The Balaban J connectivity index is 1.65. The number of rotatable bonds is 4. The average Bonchev–Trinajstić information content (AvgIpc) is 3.35. The largest absolute Gasteiger partial charge is 0.326 e. The van der Waals surface area contributed by atoms with E-state index in [9.17, 15) is 9.59 Å². The van der Waals surface area contributed by atoms with Crippen molar-refractivity contribution in [2.75, 3.05) is 16.0 Å². The van der Waals surface area contributed by atoms with Gasteiger partial charge in [0, 0.05) is 28.0 Å². The van der Waals surface area contributed by atoms with Gasteiger partial charge in [-0.3, -0.25) is 4.79 Å². The molecule has 0 radical (unpaired) electrons. The molecule has 0 aromatic heterocycles. The minimum absolute atomic E-state index is 0.0404. The second-order valence-corrected chi connectivity index (χ2v) is 6.32. The lowest BCUT2D eigenvalue weighted by molar-refractivity contribution is -0.117. The zero-order valence-corrected chi connectivity index (χ0v) is 14.0. The summed E-state index contributed by atoms with van der Waals surface area (Å²) < 4.78 is 0. The predicted molar refractivity (Wildman–Crippen MR) is 96.6 cm³/mol. The SMILES string of the molecule is Cc1ccc(NC(=O)Nc2cccc(Cl)c2)cc1NC(=O)C1CC1. The molecule has 1 aliphatic carbocycles. The maximum absolute atomic E-state index is 12.1. The molecule has 2 aromatic rings. The summed E-state index contributed by atoms with van der Waals surface area (Å²) in [5.41, 5.74) is 2.87. The summed E-state index contributed by atoms with van der Waals surface area (Å²) in [7, 11) is 0. The number of hydrogen-bond acceptors (Lipinski definition) is 2. The Labute approximate surface area is 145 Å². The molecule has 5 nitrogen and oxygen atoms in total. The highest BCUT2D eigenvalue weighted by molar-refractivity contribution is 6.30. The van der Waals surface area contributed by atoms with Gasteiger partial charge in [0.05, 0.1) is 0 Å². The molecule has 0 atom stereocenters. The lowest BCUT2D eigenvalue weighted by Crippen LogP contribution is -2.20. The van der Waals surface area contributed by atoms with Crippen LogP contribution < -0.4 is 16.0 Å². The molecule has 24 heavy (non-hydrogen) atoms. The normalized spacial score (nSPS) is 13.2. The summed E-state index contributed by atoms with van der Waals surface area (Å²) in [4.78, 5) is 24.0. The number of aryl methyl sites for hydroxylation is 1. The molecule has 1 saturated carbocycles. The van der Waals surface area contributed by atoms with Gasteiger partial charge in [0.1, 0.15) is 0 Å². The number of carbonyl (C=O) groups excluding carboxylic acids is 2. The first-order valence-electron chi connectivity index (χ1n) is 7.76. The minimum atomic E-state index is -0.374. The van der Waals surface area contributed by atoms with E-state index < -0.39 is 0 Å². The third-order valence-corrected chi connectivity index (χ3v) is 4.02. The van der Waals surface area contributed by atoms with Crippen LogP contribution >= 0.6 is 11.6 Å². The molecule has 0 aliphatic heterocycles. The lowest BCUT2D eigenvalue weighted by atomic mass is 10.1. The van der Waals surface area contributed by atoms with E-state index in [-0.39, 0.29) is 17.9 Å². The first-order chi connectivity index (χ1) is 11.5. The Bertz CT molecular complexity index is 788. The van der Waals surface area contributed by atoms with Crippen molar-refractivity contribution in [3.63, 3.8) is 0 Å². The maximum atomic E-state index is 12.1. The molecule has 1 aliphatic rings. The number of amides is 3. The smallest absolute Gasteiger partial charge is 0.323 e. The van der Waals surface area contributed by atoms with Crippen molar-refractivity contribution < 1.29 is 9.59 Å². The quantitative estimate of drug-likeness (QED) is 0.756. The van der Waals surface area contributed by atoms with Crippen molar-refractivity contribution in [3.05, 3.63) is 53.1 Å². The lowest BCUT2D eigenvalue weighted by Gasteiger charge is -2.12. The van der Waals surface area contributed by atoms with Crippen LogP contribution in [0.4, 0.5) is 21.9 Å². The number of carbonyl (C=O) groups is 2. The Morgan fingerprint density at radius 3 is 2.38 bits per heavy atom. The van der Waals surface area contributed by atoms with Crippen LogP contribution in [0.5, 0.6) is 0 Å². The number of nitrogens with one attached hydrogen (secondary N) is 3. The van der Waals surface area contributed by atoms with E-state index in [0.717, 1.165) is 18.4 Å². The maximum Gasteiger partial charge on any atom is 0.323 e. The number of benzene rings is 2. The van der Waals surface area contributed by atoms with Crippen molar-refractivity contribution in [1.82, 2.24) is 0 Å². The van der Waals surface area contributed by atoms with Gasteiger partial charge in [-0.2, -0.15) is 0 Å². The second-order valence-electron chi connectivity index (χ2n) is 5.88. The van der Waals surface area contributed by atoms with Gasteiger partial charge in [-0.1, -0.05) is 23.7 Å². The Morgan fingerprint density at radius 2 is 1.71 bits per heavy atom. The van der Waals surface area contributed by atoms with Crippen molar-refractivity contribution in [2.45, 2.75) is 19.8 Å². The summed E-state index contributed by atoms with van der Waals surface area (Å²) >= 11 is 5.89. The van der Waals surface area contributed by atoms with E-state index >= 15 is 0 Å². The number of urea groups is 1. The fraction of sp³-hybridized carbons (Fsp3) is 0.222. The third kappa shape index (κ3) is 4.26. The summed E-state index contributed by atoms with van der Waals surface area (Å²) in [6.07, 6.45) is 1.90. The Hall–Kier alpha value is -2.53. The molecule has 0 spiro atoms. The van der Waals surface area contributed by atoms with Crippen LogP contribution in [0, 0.1) is 12.8 Å². The monoisotopic (exact) mass is 343 g/mol. The van der Waals surface area contributed by atoms with Crippen molar-refractivity contribution in [1.29, 1.82) is 0 Å². The van der Waals surface area contributed by atoms with Crippen molar-refractivity contribution >= 4 is 40.6 Å². The molecule has 1 fully saturated rings. The van der Waals surface area contributed by atoms with Crippen molar-refractivity contribution in [2.24, 2.45) is 5.92 Å². The van der Waals surface area contributed by atoms with Crippen LogP contribution in [0.2, 0.25) is 5.02 Å². The zero-order valence-electron chi connectivity index (χ0n) is 13.2. The van der Waals surface area contributed by atoms with E-state index in [2.05, 4.69) is 16.0 Å². The van der Waals surface area contributed by atoms with Gasteiger partial charge in [-0.05, 0) is 55.7 Å².